The monoisotopic (exact) mass is 590 g/mol. The number of carbonyl (C=O) groups excluding carboxylic acids is 1. The molecule has 1 aromatic heterocycles. The number of aliphatic hydroxyl groups is 1. The quantitative estimate of drug-likeness (QED) is 0.237. The Morgan fingerprint density at radius 3 is 2.47 bits per heavy atom. The minimum absolute atomic E-state index is 0. The summed E-state index contributed by atoms with van der Waals surface area (Å²) in [4.78, 5) is 17.2. The van der Waals surface area contributed by atoms with E-state index >= 15 is 0 Å². The number of aromatic nitrogens is 2. The van der Waals surface area contributed by atoms with Crippen molar-refractivity contribution in [1.29, 1.82) is 0 Å². The van der Waals surface area contributed by atoms with Gasteiger partial charge in [0.05, 0.1) is 20.9 Å². The molecule has 157 valence electrons. The van der Waals surface area contributed by atoms with Gasteiger partial charge >= 0.3 is 0 Å². The van der Waals surface area contributed by atoms with Gasteiger partial charge in [-0.05, 0) is 38.7 Å². The Bertz CT molecular complexity index is 1460. The molecule has 1 radical (unpaired) electrons. The molecule has 6 heteroatoms. The van der Waals surface area contributed by atoms with Crippen molar-refractivity contribution >= 4 is 11.5 Å². The first kappa shape index (κ1) is 12.6. The molecular formula is C24H24IrN3O2-. The van der Waals surface area contributed by atoms with Crippen LogP contribution in [0.4, 0.5) is 5.69 Å². The fourth-order valence-corrected chi connectivity index (χ4v) is 2.35. The van der Waals surface area contributed by atoms with Crippen molar-refractivity contribution in [1.82, 2.24) is 9.55 Å². The number of hydrogen-bond acceptors (Lipinski definition) is 3. The Labute approximate surface area is 206 Å². The normalized spacial score (nSPS) is 17.0. The zero-order chi connectivity index (χ0) is 30.8. The van der Waals surface area contributed by atoms with Crippen molar-refractivity contribution in [3.05, 3.63) is 88.7 Å². The maximum atomic E-state index is 10.0. The number of para-hydroxylation sites is 1. The molecule has 3 aromatic rings. The topological polar surface area (TPSA) is 59.5 Å². The molecule has 2 aromatic carbocycles. The summed E-state index contributed by atoms with van der Waals surface area (Å²) in [7, 11) is 0. The van der Waals surface area contributed by atoms with Crippen molar-refractivity contribution in [2.75, 3.05) is 0 Å². The number of aryl methyl sites for hydroxylation is 3. The van der Waals surface area contributed by atoms with Crippen LogP contribution in [0.1, 0.15) is 45.6 Å². The summed E-state index contributed by atoms with van der Waals surface area (Å²) >= 11 is 0. The number of aliphatic hydroxyl groups excluding tert-OH is 1. The molecule has 0 fully saturated rings. The number of ketones is 1. The molecule has 0 atom stereocenters. The van der Waals surface area contributed by atoms with Crippen LogP contribution in [0.25, 0.3) is 21.9 Å². The van der Waals surface area contributed by atoms with Gasteiger partial charge < -0.3 is 9.67 Å². The van der Waals surface area contributed by atoms with Gasteiger partial charge in [0.25, 0.3) is 0 Å². The molecule has 0 saturated carbocycles. The maximum Gasteiger partial charge on any atom is 0.155 e. The molecule has 0 aliphatic carbocycles. The molecule has 5 nitrogen and oxygen atoms in total. The number of carbonyl (C=O) groups is 1. The molecule has 0 spiro atoms. The van der Waals surface area contributed by atoms with Crippen LogP contribution in [0.2, 0.25) is 0 Å². The van der Waals surface area contributed by atoms with Gasteiger partial charge in [0.1, 0.15) is 5.69 Å². The Morgan fingerprint density at radius 1 is 1.30 bits per heavy atom. The van der Waals surface area contributed by atoms with Gasteiger partial charge in [-0.3, -0.25) is 14.6 Å². The van der Waals surface area contributed by atoms with Crippen LogP contribution in [-0.4, -0.2) is 20.4 Å². The van der Waals surface area contributed by atoms with Crippen molar-refractivity contribution in [3.8, 4) is 17.1 Å². The van der Waals surface area contributed by atoms with Gasteiger partial charge in [0.2, 0.25) is 0 Å². The second kappa shape index (κ2) is 11.3. The molecule has 0 aliphatic heterocycles. The standard InChI is InChI=1S/C19H16N3.C5H8O2.Ir/c1-13-8-9-16(12-17(13)20-4)19-21-10-11-22(19)18-14(2)6-5-7-15(18)3;1-4(6)3-5(2)7;/h5-8,10-12H,1-3H3;3,6H,1-2H3;/q-1;;/b;4-3-;/i1D3,2D3,3D3,10D,11D;;. The fourth-order valence-electron chi connectivity index (χ4n) is 2.35. The van der Waals surface area contributed by atoms with Gasteiger partial charge in [-0.2, -0.15) is 6.07 Å². The van der Waals surface area contributed by atoms with E-state index in [-0.39, 0.29) is 71.1 Å². The van der Waals surface area contributed by atoms with Crippen LogP contribution < -0.4 is 0 Å². The second-order valence-electron chi connectivity index (χ2n) is 5.85. The minimum Gasteiger partial charge on any atom is -0.512 e. The van der Waals surface area contributed by atoms with E-state index in [4.69, 9.17) is 26.8 Å². The zero-order valence-corrected chi connectivity index (χ0v) is 18.4. The van der Waals surface area contributed by atoms with E-state index in [1.807, 2.05) is 0 Å². The van der Waals surface area contributed by atoms with Gasteiger partial charge in [-0.15, -0.1) is 23.3 Å². The molecule has 0 saturated heterocycles. The van der Waals surface area contributed by atoms with E-state index in [1.165, 1.54) is 38.1 Å². The Hall–Kier alpha value is -3.00. The molecule has 0 aliphatic rings. The molecule has 0 unspecified atom stereocenters. The smallest absolute Gasteiger partial charge is 0.155 e. The predicted octanol–water partition coefficient (Wildman–Crippen LogP) is 5.85. The van der Waals surface area contributed by atoms with Gasteiger partial charge in [-0.25, -0.2) is 0 Å². The van der Waals surface area contributed by atoms with Gasteiger partial charge in [-0.1, -0.05) is 25.1 Å². The molecule has 30 heavy (non-hydrogen) atoms. The summed E-state index contributed by atoms with van der Waals surface area (Å²) in [5, 5.41) is 8.36. The van der Waals surface area contributed by atoms with Crippen molar-refractivity contribution in [2.45, 2.75) is 34.4 Å². The third-order valence-electron chi connectivity index (χ3n) is 3.50. The number of hydrogen-bond donors (Lipinski definition) is 1. The average Bonchev–Trinajstić information content (AvgIpc) is 3.09. The molecule has 0 amide bonds. The van der Waals surface area contributed by atoms with Crippen LogP contribution >= 0.6 is 0 Å². The Kier molecular flexibility index (Phi) is 4.74. The number of imidazole rings is 1. The minimum atomic E-state index is -2.76. The second-order valence-corrected chi connectivity index (χ2v) is 5.85. The van der Waals surface area contributed by atoms with Crippen molar-refractivity contribution in [3.63, 3.8) is 0 Å². The van der Waals surface area contributed by atoms with Crippen molar-refractivity contribution < 1.29 is 45.1 Å². The molecular weight excluding hydrogens is 555 g/mol. The van der Waals surface area contributed by atoms with Gasteiger partial charge in [0.15, 0.2) is 5.78 Å². The predicted molar refractivity (Wildman–Crippen MR) is 115 cm³/mol. The fraction of sp³-hybridized carbons (Fsp3) is 0.208. The average molecular weight is 590 g/mol. The number of allylic oxidation sites excluding steroid dienone is 2. The largest absolute Gasteiger partial charge is 0.512 e. The SMILES string of the molecule is CC(=O)/C=C(/C)O.[2H]c1nc(-c2[c-]cc(C([2H])([2H])[2H])c([N+]#[C-])c2)n(-c2c(C([2H])([2H])[2H])cccc2C([2H])([2H])[2H])c1[2H].[Ir]. The summed E-state index contributed by atoms with van der Waals surface area (Å²) in [6, 6.07) is 8.58. The molecule has 1 heterocycles. The Morgan fingerprint density at radius 2 is 1.97 bits per heavy atom. The first-order valence-electron chi connectivity index (χ1n) is 13.7. The first-order chi connectivity index (χ1) is 18.2. The van der Waals surface area contributed by atoms with Crippen LogP contribution in [0.3, 0.4) is 0 Å². The van der Waals surface area contributed by atoms with E-state index in [9.17, 15) is 4.79 Å². The molecule has 1 N–H and O–H groups in total. The molecule has 3 rings (SSSR count). The summed E-state index contributed by atoms with van der Waals surface area (Å²) in [6.45, 7) is 2.07. The zero-order valence-electron chi connectivity index (χ0n) is 27.0. The number of rotatable bonds is 3. The molecule has 0 bridgehead atoms. The summed E-state index contributed by atoms with van der Waals surface area (Å²) in [6.07, 6.45) is 0.0179. The van der Waals surface area contributed by atoms with E-state index in [1.54, 1.807) is 0 Å². The number of benzene rings is 2. The van der Waals surface area contributed by atoms with E-state index in [0.29, 0.717) is 0 Å². The van der Waals surface area contributed by atoms with Gasteiger partial charge in [0, 0.05) is 56.6 Å². The van der Waals surface area contributed by atoms with E-state index < -0.39 is 32.9 Å². The van der Waals surface area contributed by atoms with Crippen LogP contribution in [-0.2, 0) is 24.9 Å². The first-order valence-corrected chi connectivity index (χ1v) is 8.22. The van der Waals surface area contributed by atoms with E-state index in [2.05, 4.69) is 15.9 Å². The van der Waals surface area contributed by atoms with Crippen LogP contribution in [0, 0.1) is 33.2 Å². The number of nitrogens with zero attached hydrogens (tertiary/aromatic N) is 3. The van der Waals surface area contributed by atoms with Crippen LogP contribution in [0.5, 0.6) is 0 Å². The maximum absolute atomic E-state index is 10.0. The third kappa shape index (κ3) is 6.25. The Balaban J connectivity index is 0.000000933. The van der Waals surface area contributed by atoms with Crippen LogP contribution in [0.15, 0.2) is 54.5 Å². The summed E-state index contributed by atoms with van der Waals surface area (Å²) in [5.41, 5.74) is -1.58. The third-order valence-corrected chi connectivity index (χ3v) is 3.50. The van der Waals surface area contributed by atoms with Crippen molar-refractivity contribution in [2.24, 2.45) is 0 Å². The summed E-state index contributed by atoms with van der Waals surface area (Å²) < 4.78 is 87.2. The van der Waals surface area contributed by atoms with E-state index in [0.717, 1.165) is 16.7 Å². The summed E-state index contributed by atoms with van der Waals surface area (Å²) in [5.74, 6) is -0.276.